The number of likely N-dealkylation sites (tertiary alicyclic amines) is 1. The van der Waals surface area contributed by atoms with Gasteiger partial charge in [-0.25, -0.2) is 0 Å². The lowest BCUT2D eigenvalue weighted by molar-refractivity contribution is -0.119. The first-order valence-electron chi connectivity index (χ1n) is 9.19. The second-order valence-electron chi connectivity index (χ2n) is 6.99. The van der Waals surface area contributed by atoms with Crippen LogP contribution in [0.15, 0.2) is 54.6 Å². The molecule has 4 heteroatoms. The fourth-order valence-corrected chi connectivity index (χ4v) is 3.57. The number of amides is 1. The minimum atomic E-state index is 0.0919. The van der Waals surface area contributed by atoms with E-state index in [4.69, 9.17) is 0 Å². The molecule has 0 aromatic heterocycles. The van der Waals surface area contributed by atoms with E-state index in [0.717, 1.165) is 32.5 Å². The first-order valence-corrected chi connectivity index (χ1v) is 9.19. The van der Waals surface area contributed by atoms with Crippen molar-refractivity contribution in [2.24, 2.45) is 5.92 Å². The summed E-state index contributed by atoms with van der Waals surface area (Å²) in [7, 11) is 1.77. The highest BCUT2D eigenvalue weighted by Gasteiger charge is 2.24. The molecule has 3 rings (SSSR count). The molecule has 1 amide bonds. The second-order valence-corrected chi connectivity index (χ2v) is 6.99. The van der Waals surface area contributed by atoms with E-state index in [-0.39, 0.29) is 5.91 Å². The maximum absolute atomic E-state index is 12.7. The highest BCUT2D eigenvalue weighted by Crippen LogP contribution is 2.25. The van der Waals surface area contributed by atoms with E-state index in [0.29, 0.717) is 23.6 Å². The molecule has 1 aliphatic rings. The van der Waals surface area contributed by atoms with Crippen molar-refractivity contribution in [2.75, 3.05) is 25.0 Å². The number of piperidine rings is 1. The lowest BCUT2D eigenvalue weighted by atomic mass is 9.92. The van der Waals surface area contributed by atoms with Gasteiger partial charge in [0, 0.05) is 20.0 Å². The summed E-state index contributed by atoms with van der Waals surface area (Å²) in [6.45, 7) is 3.05. The smallest absolute Gasteiger partial charge is 0.227 e. The third-order valence-electron chi connectivity index (χ3n) is 5.18. The second kappa shape index (κ2) is 8.64. The Balaban J connectivity index is 1.51. The highest BCUT2D eigenvalue weighted by molar-refractivity contribution is 5.94. The van der Waals surface area contributed by atoms with Crippen molar-refractivity contribution in [3.8, 4) is 6.07 Å². The molecular weight excluding hydrogens is 322 g/mol. The van der Waals surface area contributed by atoms with Gasteiger partial charge in [-0.15, -0.1) is 0 Å². The van der Waals surface area contributed by atoms with Crippen LogP contribution in [0.2, 0.25) is 0 Å². The molecule has 0 radical (unpaired) electrons. The van der Waals surface area contributed by atoms with Crippen LogP contribution in [-0.4, -0.2) is 30.9 Å². The molecular formula is C22H25N3O. The number of anilines is 1. The number of carbonyl (C=O) groups is 1. The van der Waals surface area contributed by atoms with Crippen LogP contribution in [0.4, 0.5) is 5.69 Å². The maximum atomic E-state index is 12.7. The molecule has 2 aromatic carbocycles. The van der Waals surface area contributed by atoms with Crippen LogP contribution in [0.25, 0.3) is 0 Å². The van der Waals surface area contributed by atoms with Crippen LogP contribution < -0.4 is 4.90 Å². The van der Waals surface area contributed by atoms with Crippen LogP contribution in [0.1, 0.15) is 30.4 Å². The Morgan fingerprint density at radius 3 is 2.46 bits per heavy atom. The number of carbonyl (C=O) groups excluding carboxylic acids is 1. The minimum Gasteiger partial charge on any atom is -0.314 e. The Kier molecular flexibility index (Phi) is 6.04. The van der Waals surface area contributed by atoms with E-state index in [1.54, 1.807) is 18.0 Å². The molecule has 0 unspecified atom stereocenters. The van der Waals surface area contributed by atoms with E-state index >= 15 is 0 Å². The van der Waals surface area contributed by atoms with Crippen LogP contribution in [0, 0.1) is 17.2 Å². The zero-order valence-corrected chi connectivity index (χ0v) is 15.3. The van der Waals surface area contributed by atoms with Gasteiger partial charge in [0.15, 0.2) is 0 Å². The lowest BCUT2D eigenvalue weighted by Gasteiger charge is -2.32. The van der Waals surface area contributed by atoms with Crippen LogP contribution in [0.3, 0.4) is 0 Å². The van der Waals surface area contributed by atoms with E-state index in [1.165, 1.54) is 5.56 Å². The SMILES string of the molecule is CN(C(=O)CC1CCN(Cc2ccccc2)CC1)c1ccccc1C#N. The van der Waals surface area contributed by atoms with Gasteiger partial charge in [0.05, 0.1) is 11.3 Å². The van der Waals surface area contributed by atoms with Crippen LogP contribution in [0.5, 0.6) is 0 Å². The summed E-state index contributed by atoms with van der Waals surface area (Å²) in [5.74, 6) is 0.514. The molecule has 1 fully saturated rings. The molecule has 1 aliphatic heterocycles. The lowest BCUT2D eigenvalue weighted by Crippen LogP contribution is -2.36. The molecule has 2 aromatic rings. The van der Waals surface area contributed by atoms with E-state index < -0.39 is 0 Å². The van der Waals surface area contributed by atoms with E-state index in [9.17, 15) is 10.1 Å². The first kappa shape index (κ1) is 18.2. The summed E-state index contributed by atoms with van der Waals surface area (Å²) in [6.07, 6.45) is 2.65. The Hall–Kier alpha value is -2.64. The molecule has 0 spiro atoms. The van der Waals surface area contributed by atoms with Crippen molar-refractivity contribution in [2.45, 2.75) is 25.8 Å². The molecule has 4 nitrogen and oxygen atoms in total. The number of para-hydroxylation sites is 1. The molecule has 0 atom stereocenters. The zero-order valence-electron chi connectivity index (χ0n) is 15.3. The van der Waals surface area contributed by atoms with Gasteiger partial charge in [-0.3, -0.25) is 9.69 Å². The zero-order chi connectivity index (χ0) is 18.4. The van der Waals surface area contributed by atoms with Gasteiger partial charge < -0.3 is 4.90 Å². The van der Waals surface area contributed by atoms with Gasteiger partial charge in [-0.05, 0) is 49.5 Å². The monoisotopic (exact) mass is 347 g/mol. The van der Waals surface area contributed by atoms with Crippen LogP contribution in [-0.2, 0) is 11.3 Å². The van der Waals surface area contributed by atoms with Gasteiger partial charge >= 0.3 is 0 Å². The highest BCUT2D eigenvalue weighted by atomic mass is 16.2. The summed E-state index contributed by atoms with van der Waals surface area (Å²) in [5, 5.41) is 9.23. The number of rotatable bonds is 5. The number of nitriles is 1. The normalized spacial score (nSPS) is 15.4. The number of hydrogen-bond donors (Lipinski definition) is 0. The van der Waals surface area contributed by atoms with E-state index in [1.807, 2.05) is 24.3 Å². The van der Waals surface area contributed by atoms with E-state index in [2.05, 4.69) is 35.2 Å². The van der Waals surface area contributed by atoms with Crippen molar-refractivity contribution in [3.05, 3.63) is 65.7 Å². The fraction of sp³-hybridized carbons (Fsp3) is 0.364. The summed E-state index contributed by atoms with van der Waals surface area (Å²) < 4.78 is 0. The van der Waals surface area contributed by atoms with Gasteiger partial charge in [0.25, 0.3) is 0 Å². The number of nitrogens with zero attached hydrogens (tertiary/aromatic N) is 3. The molecule has 1 saturated heterocycles. The minimum absolute atomic E-state index is 0.0919. The standard InChI is InChI=1S/C22H25N3O/c1-24(21-10-6-5-9-20(21)16-23)22(26)15-18-11-13-25(14-12-18)17-19-7-3-2-4-8-19/h2-10,18H,11-15,17H2,1H3. The van der Waals surface area contributed by atoms with Gasteiger partial charge in [0.1, 0.15) is 6.07 Å². The first-order chi connectivity index (χ1) is 12.7. The molecule has 26 heavy (non-hydrogen) atoms. The quantitative estimate of drug-likeness (QED) is 0.826. The molecule has 0 N–H and O–H groups in total. The molecule has 0 saturated carbocycles. The Morgan fingerprint density at radius 1 is 1.12 bits per heavy atom. The van der Waals surface area contributed by atoms with Crippen LogP contribution >= 0.6 is 0 Å². The maximum Gasteiger partial charge on any atom is 0.227 e. The summed E-state index contributed by atoms with van der Waals surface area (Å²) >= 11 is 0. The number of benzene rings is 2. The summed E-state index contributed by atoms with van der Waals surface area (Å²) in [6, 6.07) is 20.0. The average molecular weight is 347 g/mol. The Morgan fingerprint density at radius 2 is 1.77 bits per heavy atom. The average Bonchev–Trinajstić information content (AvgIpc) is 2.69. The van der Waals surface area contributed by atoms with Crippen molar-refractivity contribution >= 4 is 11.6 Å². The van der Waals surface area contributed by atoms with Crippen molar-refractivity contribution in [1.82, 2.24) is 4.90 Å². The van der Waals surface area contributed by atoms with Crippen molar-refractivity contribution < 1.29 is 4.79 Å². The van der Waals surface area contributed by atoms with Gasteiger partial charge in [0.2, 0.25) is 5.91 Å². The summed E-state index contributed by atoms with van der Waals surface area (Å²) in [5.41, 5.74) is 2.58. The van der Waals surface area contributed by atoms with Crippen molar-refractivity contribution in [3.63, 3.8) is 0 Å². The summed E-state index contributed by atoms with van der Waals surface area (Å²) in [4.78, 5) is 16.8. The topological polar surface area (TPSA) is 47.3 Å². The van der Waals surface area contributed by atoms with Gasteiger partial charge in [-0.2, -0.15) is 5.26 Å². The van der Waals surface area contributed by atoms with Crippen molar-refractivity contribution in [1.29, 1.82) is 5.26 Å². The Bertz CT molecular complexity index is 773. The largest absolute Gasteiger partial charge is 0.314 e. The predicted molar refractivity (Wildman–Crippen MR) is 104 cm³/mol. The van der Waals surface area contributed by atoms with Gasteiger partial charge in [-0.1, -0.05) is 42.5 Å². The fourth-order valence-electron chi connectivity index (χ4n) is 3.57. The number of hydrogen-bond acceptors (Lipinski definition) is 3. The molecule has 0 aliphatic carbocycles. The molecule has 134 valence electrons. The Labute approximate surface area is 155 Å². The third-order valence-corrected chi connectivity index (χ3v) is 5.18. The molecule has 1 heterocycles. The predicted octanol–water partition coefficient (Wildman–Crippen LogP) is 3.82. The third kappa shape index (κ3) is 4.50. The molecule has 0 bridgehead atoms.